The van der Waals surface area contributed by atoms with E-state index in [1.807, 2.05) is 44.2 Å². The lowest BCUT2D eigenvalue weighted by atomic mass is 10.1. The Kier molecular flexibility index (Phi) is 5.91. The summed E-state index contributed by atoms with van der Waals surface area (Å²) in [6, 6.07) is 9.51. The molecule has 0 unspecified atom stereocenters. The van der Waals surface area contributed by atoms with Crippen molar-refractivity contribution >= 4 is 11.8 Å². The highest BCUT2D eigenvalue weighted by Gasteiger charge is 2.28. The molecule has 0 aromatic heterocycles. The zero-order chi connectivity index (χ0) is 13.4. The van der Waals surface area contributed by atoms with Gasteiger partial charge in [-0.1, -0.05) is 44.2 Å². The summed E-state index contributed by atoms with van der Waals surface area (Å²) >= 11 is 0. The van der Waals surface area contributed by atoms with Crippen molar-refractivity contribution in [2.75, 3.05) is 6.54 Å². The molecule has 0 radical (unpaired) electrons. The molecule has 2 rings (SSSR count). The van der Waals surface area contributed by atoms with Crippen LogP contribution in [-0.4, -0.2) is 24.4 Å². The summed E-state index contributed by atoms with van der Waals surface area (Å²) in [5.74, 6) is -0.156. The highest BCUT2D eigenvalue weighted by molar-refractivity contribution is 5.92. The summed E-state index contributed by atoms with van der Waals surface area (Å²) in [5, 5.41) is 5.27. The molecule has 1 saturated heterocycles. The Hall–Kier alpha value is -1.84. The van der Waals surface area contributed by atoms with Crippen LogP contribution in [0.2, 0.25) is 0 Å². The standard InChI is InChI=1S/C12H14N2O2.C2H6.2H2/c15-11(14-10-8-13-12(10)16)7-6-9-4-2-1-3-5-9;1-2;;/h1-5,10H,6-8H2,(H,13,16)(H,14,15);1-2H3;2*1H/t10-;;;/m1.../s1. The molecule has 0 spiro atoms. The molecule has 18 heavy (non-hydrogen) atoms. The molecule has 4 nitrogen and oxygen atoms in total. The maximum Gasteiger partial charge on any atom is 0.244 e. The number of carbonyl (C=O) groups excluding carboxylic acids is 2. The Bertz CT molecular complexity index is 399. The van der Waals surface area contributed by atoms with Crippen LogP contribution in [0.25, 0.3) is 0 Å². The zero-order valence-electron chi connectivity index (χ0n) is 10.9. The summed E-state index contributed by atoms with van der Waals surface area (Å²) in [7, 11) is 0. The third kappa shape index (κ3) is 4.20. The minimum Gasteiger partial charge on any atom is -0.352 e. The minimum atomic E-state index is -0.316. The second-order valence-corrected chi connectivity index (χ2v) is 3.85. The molecular weight excluding hydrogens is 228 g/mol. The smallest absolute Gasteiger partial charge is 0.244 e. The second-order valence-electron chi connectivity index (χ2n) is 3.85. The van der Waals surface area contributed by atoms with Gasteiger partial charge in [-0.3, -0.25) is 9.59 Å². The van der Waals surface area contributed by atoms with Gasteiger partial charge in [-0.25, -0.2) is 0 Å². The highest BCUT2D eigenvalue weighted by Crippen LogP contribution is 2.03. The predicted octanol–water partition coefficient (Wildman–Crippen LogP) is 1.75. The Morgan fingerprint density at radius 3 is 2.56 bits per heavy atom. The second kappa shape index (κ2) is 7.48. The summed E-state index contributed by atoms with van der Waals surface area (Å²) in [6.07, 6.45) is 1.13. The topological polar surface area (TPSA) is 58.2 Å². The number of carbonyl (C=O) groups is 2. The number of nitrogens with one attached hydrogen (secondary N) is 2. The van der Waals surface area contributed by atoms with E-state index in [1.54, 1.807) is 0 Å². The number of benzene rings is 1. The Labute approximate surface area is 111 Å². The molecule has 2 N–H and O–H groups in total. The molecule has 0 bridgehead atoms. The zero-order valence-corrected chi connectivity index (χ0v) is 10.9. The maximum atomic E-state index is 11.5. The summed E-state index contributed by atoms with van der Waals surface area (Å²) in [6.45, 7) is 4.55. The van der Waals surface area contributed by atoms with Gasteiger partial charge < -0.3 is 10.6 Å². The van der Waals surface area contributed by atoms with Crippen LogP contribution >= 0.6 is 0 Å². The van der Waals surface area contributed by atoms with E-state index < -0.39 is 0 Å². The number of hydrogen-bond donors (Lipinski definition) is 2. The van der Waals surface area contributed by atoms with E-state index in [0.29, 0.717) is 19.4 Å². The fraction of sp³-hybridized carbons (Fsp3) is 0.429. The van der Waals surface area contributed by atoms with Crippen LogP contribution in [0.5, 0.6) is 0 Å². The number of hydrogen-bond acceptors (Lipinski definition) is 2. The molecule has 102 valence electrons. The van der Waals surface area contributed by atoms with Crippen molar-refractivity contribution in [2.45, 2.75) is 32.7 Å². The van der Waals surface area contributed by atoms with Gasteiger partial charge >= 0.3 is 0 Å². The van der Waals surface area contributed by atoms with Gasteiger partial charge in [-0.05, 0) is 12.0 Å². The molecule has 1 heterocycles. The molecule has 1 atom stereocenters. The van der Waals surface area contributed by atoms with E-state index >= 15 is 0 Å². The quantitative estimate of drug-likeness (QED) is 0.802. The van der Waals surface area contributed by atoms with E-state index in [9.17, 15) is 9.59 Å². The Morgan fingerprint density at radius 2 is 2.06 bits per heavy atom. The first kappa shape index (κ1) is 14.2. The van der Waals surface area contributed by atoms with Gasteiger partial charge in [0.2, 0.25) is 11.8 Å². The van der Waals surface area contributed by atoms with Gasteiger partial charge in [0.15, 0.2) is 0 Å². The third-order valence-electron chi connectivity index (χ3n) is 2.62. The van der Waals surface area contributed by atoms with Crippen LogP contribution < -0.4 is 10.6 Å². The van der Waals surface area contributed by atoms with Crippen molar-refractivity contribution in [3.05, 3.63) is 35.9 Å². The Morgan fingerprint density at radius 1 is 1.39 bits per heavy atom. The van der Waals surface area contributed by atoms with E-state index in [2.05, 4.69) is 10.6 Å². The molecule has 1 aliphatic rings. The van der Waals surface area contributed by atoms with Crippen molar-refractivity contribution in [1.29, 1.82) is 0 Å². The van der Waals surface area contributed by atoms with E-state index in [0.717, 1.165) is 5.56 Å². The average Bonchev–Trinajstić information content (AvgIpc) is 2.44. The normalized spacial score (nSPS) is 16.8. The van der Waals surface area contributed by atoms with Gasteiger partial charge in [-0.2, -0.15) is 0 Å². The largest absolute Gasteiger partial charge is 0.352 e. The number of rotatable bonds is 4. The van der Waals surface area contributed by atoms with Gasteiger partial charge in [0.1, 0.15) is 6.04 Å². The SMILES string of the molecule is CC.O=C(CCc1ccccc1)N[C@@H]1CNC1=O.[HH].[HH]. The summed E-state index contributed by atoms with van der Waals surface area (Å²) in [4.78, 5) is 22.4. The molecular formula is C14H24N2O2. The molecule has 0 aliphatic carbocycles. The van der Waals surface area contributed by atoms with Crippen LogP contribution in [0, 0.1) is 0 Å². The fourth-order valence-electron chi connectivity index (χ4n) is 1.57. The maximum absolute atomic E-state index is 11.5. The van der Waals surface area contributed by atoms with Gasteiger partial charge in [0.25, 0.3) is 0 Å². The molecule has 1 aromatic carbocycles. The van der Waals surface area contributed by atoms with Crippen molar-refractivity contribution in [2.24, 2.45) is 0 Å². The van der Waals surface area contributed by atoms with E-state index in [-0.39, 0.29) is 20.7 Å². The van der Waals surface area contributed by atoms with Crippen LogP contribution in [-0.2, 0) is 16.0 Å². The van der Waals surface area contributed by atoms with Gasteiger partial charge in [0, 0.05) is 15.8 Å². The molecule has 1 aromatic rings. The van der Waals surface area contributed by atoms with Crippen molar-refractivity contribution in [3.8, 4) is 0 Å². The summed E-state index contributed by atoms with van der Waals surface area (Å²) < 4.78 is 0. The van der Waals surface area contributed by atoms with Crippen molar-refractivity contribution < 1.29 is 12.4 Å². The van der Waals surface area contributed by atoms with Crippen molar-refractivity contribution in [3.63, 3.8) is 0 Å². The number of amides is 2. The highest BCUT2D eigenvalue weighted by atomic mass is 16.2. The van der Waals surface area contributed by atoms with E-state index in [1.165, 1.54) is 0 Å². The monoisotopic (exact) mass is 252 g/mol. The molecule has 4 heteroatoms. The minimum absolute atomic E-state index is 0. The van der Waals surface area contributed by atoms with Gasteiger partial charge in [-0.15, -0.1) is 0 Å². The summed E-state index contributed by atoms with van der Waals surface area (Å²) in [5.41, 5.74) is 1.13. The number of β-lactam (4-membered cyclic amide) rings is 1. The first-order valence-corrected chi connectivity index (χ1v) is 6.37. The first-order valence-electron chi connectivity index (χ1n) is 6.37. The number of aryl methyl sites for hydroxylation is 1. The predicted molar refractivity (Wildman–Crippen MR) is 75.3 cm³/mol. The molecule has 1 fully saturated rings. The first-order chi connectivity index (χ1) is 8.75. The van der Waals surface area contributed by atoms with Crippen LogP contribution in [0.1, 0.15) is 28.7 Å². The Balaban J connectivity index is 0. The average molecular weight is 252 g/mol. The lowest BCUT2D eigenvalue weighted by molar-refractivity contribution is -0.133. The third-order valence-corrected chi connectivity index (χ3v) is 2.62. The van der Waals surface area contributed by atoms with Gasteiger partial charge in [0.05, 0.1) is 0 Å². The molecule has 2 amide bonds. The van der Waals surface area contributed by atoms with Crippen LogP contribution in [0.3, 0.4) is 0 Å². The van der Waals surface area contributed by atoms with E-state index in [4.69, 9.17) is 0 Å². The van der Waals surface area contributed by atoms with Crippen LogP contribution in [0.4, 0.5) is 0 Å². The van der Waals surface area contributed by atoms with Crippen LogP contribution in [0.15, 0.2) is 30.3 Å². The van der Waals surface area contributed by atoms with Crippen molar-refractivity contribution in [1.82, 2.24) is 10.6 Å². The lowest BCUT2D eigenvalue weighted by Gasteiger charge is -2.26. The molecule has 0 saturated carbocycles. The lowest BCUT2D eigenvalue weighted by Crippen LogP contribution is -2.61. The molecule has 1 aliphatic heterocycles. The fourth-order valence-corrected chi connectivity index (χ4v) is 1.57.